The summed E-state index contributed by atoms with van der Waals surface area (Å²) in [5, 5.41) is 18.5. The minimum Gasteiger partial charge on any atom is -0.508 e. The van der Waals surface area contributed by atoms with Crippen molar-refractivity contribution in [1.29, 1.82) is 0 Å². The minimum atomic E-state index is -0.462. The van der Waals surface area contributed by atoms with Crippen LogP contribution in [0.3, 0.4) is 0 Å². The standard InChI is InChI=1S/C10H7BrN2O3/c11-7-9(15)12-8(13-10(7)16)5-1-3-6(14)4-2-5/h1-4,14H,(H2,12,13,15,16). The highest BCUT2D eigenvalue weighted by Crippen LogP contribution is 2.22. The lowest BCUT2D eigenvalue weighted by Gasteiger charge is -2.02. The van der Waals surface area contributed by atoms with Gasteiger partial charge in [0, 0.05) is 5.56 Å². The molecule has 2 aromatic rings. The van der Waals surface area contributed by atoms with Crippen molar-refractivity contribution in [3.8, 4) is 23.0 Å². The molecular formula is C10H7BrN2O3. The van der Waals surface area contributed by atoms with Crippen molar-refractivity contribution in [2.24, 2.45) is 0 Å². The molecule has 2 rings (SSSR count). The smallest absolute Gasteiger partial charge is 0.269 e. The number of aromatic hydroxyl groups is 2. The first-order valence-corrected chi connectivity index (χ1v) is 5.15. The molecule has 1 aromatic carbocycles. The number of nitrogens with zero attached hydrogens (tertiary/aromatic N) is 1. The molecule has 0 atom stereocenters. The second-order valence-corrected chi connectivity index (χ2v) is 3.89. The molecule has 1 aromatic heterocycles. The van der Waals surface area contributed by atoms with Crippen LogP contribution in [0.2, 0.25) is 0 Å². The fourth-order valence-corrected chi connectivity index (χ4v) is 1.39. The molecule has 0 bridgehead atoms. The van der Waals surface area contributed by atoms with Gasteiger partial charge < -0.3 is 15.2 Å². The summed E-state index contributed by atoms with van der Waals surface area (Å²) in [6.07, 6.45) is 0. The summed E-state index contributed by atoms with van der Waals surface area (Å²) >= 11 is 2.90. The molecule has 0 amide bonds. The number of nitrogens with one attached hydrogen (secondary N) is 1. The van der Waals surface area contributed by atoms with E-state index in [1.165, 1.54) is 12.1 Å². The predicted octanol–water partition coefficient (Wildman–Crippen LogP) is 1.61. The van der Waals surface area contributed by atoms with Gasteiger partial charge in [0.05, 0.1) is 0 Å². The molecule has 0 spiro atoms. The first kappa shape index (κ1) is 10.7. The molecule has 16 heavy (non-hydrogen) atoms. The lowest BCUT2D eigenvalue weighted by atomic mass is 10.2. The Labute approximate surface area is 98.5 Å². The second-order valence-electron chi connectivity index (χ2n) is 3.10. The Hall–Kier alpha value is -1.82. The summed E-state index contributed by atoms with van der Waals surface area (Å²) in [7, 11) is 0. The van der Waals surface area contributed by atoms with Crippen LogP contribution in [0, 0.1) is 0 Å². The highest BCUT2D eigenvalue weighted by molar-refractivity contribution is 9.10. The summed E-state index contributed by atoms with van der Waals surface area (Å²) in [4.78, 5) is 17.7. The van der Waals surface area contributed by atoms with Crippen LogP contribution in [0.15, 0.2) is 33.5 Å². The molecule has 0 aliphatic carbocycles. The number of rotatable bonds is 1. The number of benzene rings is 1. The van der Waals surface area contributed by atoms with E-state index in [1.807, 2.05) is 0 Å². The van der Waals surface area contributed by atoms with E-state index in [0.717, 1.165) is 0 Å². The minimum absolute atomic E-state index is 0.00460. The Kier molecular flexibility index (Phi) is 2.66. The topological polar surface area (TPSA) is 86.2 Å². The zero-order valence-corrected chi connectivity index (χ0v) is 9.52. The van der Waals surface area contributed by atoms with Gasteiger partial charge in [0.2, 0.25) is 5.88 Å². The molecule has 0 unspecified atom stereocenters. The van der Waals surface area contributed by atoms with Crippen molar-refractivity contribution in [2.45, 2.75) is 0 Å². The summed E-state index contributed by atoms with van der Waals surface area (Å²) in [6.45, 7) is 0. The molecule has 6 heteroatoms. The number of aromatic nitrogens is 2. The first-order valence-electron chi connectivity index (χ1n) is 4.36. The Morgan fingerprint density at radius 2 is 1.81 bits per heavy atom. The average molecular weight is 283 g/mol. The fraction of sp³-hybridized carbons (Fsp3) is 0. The van der Waals surface area contributed by atoms with E-state index >= 15 is 0 Å². The van der Waals surface area contributed by atoms with Crippen LogP contribution in [0.1, 0.15) is 0 Å². The maximum Gasteiger partial charge on any atom is 0.269 e. The highest BCUT2D eigenvalue weighted by Gasteiger charge is 2.08. The van der Waals surface area contributed by atoms with Crippen LogP contribution >= 0.6 is 15.9 Å². The van der Waals surface area contributed by atoms with Crippen molar-refractivity contribution in [3.05, 3.63) is 39.1 Å². The molecule has 0 radical (unpaired) electrons. The number of phenols is 1. The SMILES string of the molecule is O=c1[nH]c(-c2ccc(O)cc2)nc(O)c1Br. The van der Waals surface area contributed by atoms with Crippen molar-refractivity contribution in [1.82, 2.24) is 9.97 Å². The van der Waals surface area contributed by atoms with E-state index in [0.29, 0.717) is 5.56 Å². The summed E-state index contributed by atoms with van der Waals surface area (Å²) < 4.78 is -0.00460. The van der Waals surface area contributed by atoms with Crippen molar-refractivity contribution in [2.75, 3.05) is 0 Å². The molecule has 5 nitrogen and oxygen atoms in total. The van der Waals surface area contributed by atoms with Crippen molar-refractivity contribution >= 4 is 15.9 Å². The fourth-order valence-electron chi connectivity index (χ4n) is 1.20. The molecule has 82 valence electrons. The van der Waals surface area contributed by atoms with Crippen LogP contribution in [-0.4, -0.2) is 20.2 Å². The Morgan fingerprint density at radius 1 is 1.19 bits per heavy atom. The third-order valence-electron chi connectivity index (χ3n) is 1.99. The lowest BCUT2D eigenvalue weighted by Crippen LogP contribution is -2.09. The first-order chi connectivity index (χ1) is 7.58. The van der Waals surface area contributed by atoms with Gasteiger partial charge in [-0.2, -0.15) is 4.98 Å². The number of halogens is 1. The number of aromatic amines is 1. The molecule has 0 fully saturated rings. The van der Waals surface area contributed by atoms with E-state index in [4.69, 9.17) is 5.11 Å². The van der Waals surface area contributed by atoms with Crippen LogP contribution in [0.4, 0.5) is 0 Å². The maximum atomic E-state index is 11.3. The van der Waals surface area contributed by atoms with Gasteiger partial charge in [-0.05, 0) is 40.2 Å². The quantitative estimate of drug-likeness (QED) is 0.742. The van der Waals surface area contributed by atoms with Crippen LogP contribution < -0.4 is 5.56 Å². The summed E-state index contributed by atoms with van der Waals surface area (Å²) in [5.74, 6) is -0.00930. The Bertz CT molecular complexity index is 578. The van der Waals surface area contributed by atoms with Gasteiger partial charge in [-0.15, -0.1) is 0 Å². The molecule has 0 aliphatic rings. The highest BCUT2D eigenvalue weighted by atomic mass is 79.9. The molecule has 1 heterocycles. The van der Waals surface area contributed by atoms with Gasteiger partial charge in [-0.1, -0.05) is 0 Å². The number of hydrogen-bond donors (Lipinski definition) is 3. The van der Waals surface area contributed by atoms with Gasteiger partial charge in [-0.25, -0.2) is 0 Å². The van der Waals surface area contributed by atoms with Crippen molar-refractivity contribution < 1.29 is 10.2 Å². The number of H-pyrrole nitrogens is 1. The average Bonchev–Trinajstić information content (AvgIpc) is 2.26. The number of hydrogen-bond acceptors (Lipinski definition) is 4. The van der Waals surface area contributed by atoms with E-state index in [1.54, 1.807) is 12.1 Å². The molecule has 0 saturated heterocycles. The Balaban J connectivity index is 2.57. The zero-order valence-electron chi connectivity index (χ0n) is 7.94. The molecule has 0 saturated carbocycles. The van der Waals surface area contributed by atoms with Gasteiger partial charge in [-0.3, -0.25) is 4.79 Å². The largest absolute Gasteiger partial charge is 0.508 e. The normalized spacial score (nSPS) is 10.3. The summed E-state index contributed by atoms with van der Waals surface area (Å²) in [6, 6.07) is 6.10. The van der Waals surface area contributed by atoms with Crippen molar-refractivity contribution in [3.63, 3.8) is 0 Å². The zero-order chi connectivity index (χ0) is 11.7. The number of phenolic OH excluding ortho intramolecular Hbond substituents is 1. The lowest BCUT2D eigenvalue weighted by molar-refractivity contribution is 0.448. The van der Waals surface area contributed by atoms with E-state index in [2.05, 4.69) is 25.9 Å². The van der Waals surface area contributed by atoms with E-state index < -0.39 is 5.56 Å². The van der Waals surface area contributed by atoms with Gasteiger partial charge in [0.25, 0.3) is 5.56 Å². The monoisotopic (exact) mass is 282 g/mol. The van der Waals surface area contributed by atoms with E-state index in [-0.39, 0.29) is 21.9 Å². The third kappa shape index (κ3) is 1.92. The summed E-state index contributed by atoms with van der Waals surface area (Å²) in [5.41, 5.74) is 0.133. The van der Waals surface area contributed by atoms with Gasteiger partial charge in [0.15, 0.2) is 0 Å². The molecule has 0 aliphatic heterocycles. The molecule has 3 N–H and O–H groups in total. The van der Waals surface area contributed by atoms with Crippen LogP contribution in [0.25, 0.3) is 11.4 Å². The Morgan fingerprint density at radius 3 is 2.38 bits per heavy atom. The molecular weight excluding hydrogens is 276 g/mol. The van der Waals surface area contributed by atoms with E-state index in [9.17, 15) is 9.90 Å². The van der Waals surface area contributed by atoms with Gasteiger partial charge in [0.1, 0.15) is 16.0 Å². The maximum absolute atomic E-state index is 11.3. The van der Waals surface area contributed by atoms with Crippen LogP contribution in [0.5, 0.6) is 11.6 Å². The third-order valence-corrected chi connectivity index (χ3v) is 2.70. The van der Waals surface area contributed by atoms with Gasteiger partial charge >= 0.3 is 0 Å². The second kappa shape index (κ2) is 3.97. The predicted molar refractivity (Wildman–Crippen MR) is 61.3 cm³/mol. The van der Waals surface area contributed by atoms with Crippen LogP contribution in [-0.2, 0) is 0 Å².